The number of anilines is 2. The Hall–Kier alpha value is -1.40. The predicted octanol–water partition coefficient (Wildman–Crippen LogP) is 3.50. The molecule has 1 atom stereocenters. The van der Waals surface area contributed by atoms with Gasteiger partial charge in [0, 0.05) is 17.5 Å². The maximum Gasteiger partial charge on any atom is 0.413 e. The van der Waals surface area contributed by atoms with E-state index in [0.29, 0.717) is 11.4 Å². The van der Waals surface area contributed by atoms with Crippen molar-refractivity contribution in [3.05, 3.63) is 18.2 Å². The third-order valence-corrected chi connectivity index (χ3v) is 2.91. The summed E-state index contributed by atoms with van der Waals surface area (Å²) >= 11 is 7.04. The van der Waals surface area contributed by atoms with E-state index in [-0.39, 0.29) is 5.91 Å². The van der Waals surface area contributed by atoms with Gasteiger partial charge in [-0.25, -0.2) is 4.79 Å². The molecule has 0 saturated heterocycles. The van der Waals surface area contributed by atoms with E-state index in [1.165, 1.54) is 18.7 Å². The van der Waals surface area contributed by atoms with Crippen molar-refractivity contribution in [2.24, 2.45) is 0 Å². The van der Waals surface area contributed by atoms with E-state index in [9.17, 15) is 9.59 Å². The molecule has 0 bridgehead atoms. The number of benzene rings is 1. The minimum absolute atomic E-state index is 0.181. The average molecular weight is 303 g/mol. The van der Waals surface area contributed by atoms with Gasteiger partial charge in [-0.3, -0.25) is 10.1 Å². The van der Waals surface area contributed by atoms with Crippen LogP contribution in [0.3, 0.4) is 0 Å². The van der Waals surface area contributed by atoms with Crippen LogP contribution in [0, 0.1) is 0 Å². The monoisotopic (exact) mass is 302 g/mol. The fourth-order valence-electron chi connectivity index (χ4n) is 1.37. The Morgan fingerprint density at radius 1 is 1.37 bits per heavy atom. The predicted molar refractivity (Wildman–Crippen MR) is 77.9 cm³/mol. The van der Waals surface area contributed by atoms with Gasteiger partial charge in [0.25, 0.3) is 0 Å². The minimum atomic E-state index is -0.712. The molecule has 104 valence electrons. The number of ether oxygens (including phenoxy) is 1. The number of halogens is 1. The van der Waals surface area contributed by atoms with Gasteiger partial charge in [-0.05, 0) is 31.4 Å². The summed E-state index contributed by atoms with van der Waals surface area (Å²) in [5, 5.41) is 5.23. The van der Waals surface area contributed by atoms with Crippen LogP contribution in [-0.2, 0) is 9.53 Å². The van der Waals surface area contributed by atoms with Gasteiger partial charge in [0.15, 0.2) is 5.56 Å². The minimum Gasteiger partial charge on any atom is -0.430 e. The SMILES string of the molecule is CSc1ccc(NC(C)=O)cc1NC(=O)OC(C)Cl. The molecule has 0 fully saturated rings. The van der Waals surface area contributed by atoms with Crippen molar-refractivity contribution in [2.45, 2.75) is 24.3 Å². The molecule has 1 rings (SSSR count). The highest BCUT2D eigenvalue weighted by Crippen LogP contribution is 2.28. The maximum atomic E-state index is 11.5. The largest absolute Gasteiger partial charge is 0.430 e. The van der Waals surface area contributed by atoms with Crippen LogP contribution in [0.1, 0.15) is 13.8 Å². The molecule has 0 aliphatic rings. The molecule has 2 N–H and O–H groups in total. The molecule has 0 heterocycles. The maximum absolute atomic E-state index is 11.5. The molecule has 0 aromatic heterocycles. The van der Waals surface area contributed by atoms with Crippen molar-refractivity contribution in [3.63, 3.8) is 0 Å². The van der Waals surface area contributed by atoms with Gasteiger partial charge in [-0.2, -0.15) is 0 Å². The van der Waals surface area contributed by atoms with Gasteiger partial charge in [-0.1, -0.05) is 11.6 Å². The zero-order valence-corrected chi connectivity index (χ0v) is 12.4. The van der Waals surface area contributed by atoms with Gasteiger partial charge in [-0.15, -0.1) is 11.8 Å². The molecule has 1 unspecified atom stereocenters. The van der Waals surface area contributed by atoms with Crippen molar-refractivity contribution < 1.29 is 14.3 Å². The lowest BCUT2D eigenvalue weighted by Gasteiger charge is -2.12. The van der Waals surface area contributed by atoms with E-state index in [2.05, 4.69) is 10.6 Å². The summed E-state index contributed by atoms with van der Waals surface area (Å²) in [6.45, 7) is 2.96. The molecule has 0 aliphatic carbocycles. The van der Waals surface area contributed by atoms with Crippen LogP contribution in [0.2, 0.25) is 0 Å². The molecule has 0 radical (unpaired) electrons. The number of amides is 2. The van der Waals surface area contributed by atoms with E-state index < -0.39 is 11.7 Å². The van der Waals surface area contributed by atoms with Crippen LogP contribution in [0.4, 0.5) is 16.2 Å². The lowest BCUT2D eigenvalue weighted by molar-refractivity contribution is -0.114. The van der Waals surface area contributed by atoms with Crippen LogP contribution in [0.15, 0.2) is 23.1 Å². The molecule has 2 amide bonds. The van der Waals surface area contributed by atoms with Crippen molar-refractivity contribution in [2.75, 3.05) is 16.9 Å². The second-order valence-electron chi connectivity index (χ2n) is 3.67. The van der Waals surface area contributed by atoms with Crippen molar-refractivity contribution in [1.82, 2.24) is 0 Å². The summed E-state index contributed by atoms with van der Waals surface area (Å²) in [7, 11) is 0. The molecular weight excluding hydrogens is 288 g/mol. The third-order valence-electron chi connectivity index (χ3n) is 2.03. The molecule has 0 aliphatic heterocycles. The van der Waals surface area contributed by atoms with Crippen LogP contribution < -0.4 is 10.6 Å². The van der Waals surface area contributed by atoms with E-state index >= 15 is 0 Å². The third kappa shape index (κ3) is 5.40. The van der Waals surface area contributed by atoms with Crippen LogP contribution in [-0.4, -0.2) is 23.8 Å². The van der Waals surface area contributed by atoms with E-state index in [1.807, 2.05) is 6.26 Å². The molecule has 1 aromatic rings. The number of carbonyl (C=O) groups is 2. The zero-order valence-electron chi connectivity index (χ0n) is 10.8. The Balaban J connectivity index is 2.89. The first-order chi connectivity index (χ1) is 8.92. The fourth-order valence-corrected chi connectivity index (χ4v) is 1.99. The second-order valence-corrected chi connectivity index (χ2v) is 5.13. The summed E-state index contributed by atoms with van der Waals surface area (Å²) in [5.41, 5.74) is 0.442. The summed E-state index contributed by atoms with van der Waals surface area (Å²) in [6, 6.07) is 5.22. The van der Waals surface area contributed by atoms with E-state index in [0.717, 1.165) is 4.90 Å². The van der Waals surface area contributed by atoms with Crippen LogP contribution >= 0.6 is 23.4 Å². The Kier molecular flexibility index (Phi) is 5.98. The summed E-state index contributed by atoms with van der Waals surface area (Å²) in [6.07, 6.45) is 1.24. The molecule has 5 nitrogen and oxygen atoms in total. The number of hydrogen-bond acceptors (Lipinski definition) is 4. The normalized spacial score (nSPS) is 11.6. The average Bonchev–Trinajstić information content (AvgIpc) is 2.27. The topological polar surface area (TPSA) is 67.4 Å². The Morgan fingerprint density at radius 3 is 2.58 bits per heavy atom. The Labute approximate surface area is 121 Å². The van der Waals surface area contributed by atoms with Gasteiger partial charge < -0.3 is 10.1 Å². The van der Waals surface area contributed by atoms with E-state index in [1.54, 1.807) is 25.1 Å². The molecule has 19 heavy (non-hydrogen) atoms. The standard InChI is InChI=1S/C12H15ClN2O3S/c1-7(13)18-12(17)15-10-6-9(14-8(2)16)4-5-11(10)19-3/h4-7H,1-3H3,(H,14,16)(H,15,17). The highest BCUT2D eigenvalue weighted by molar-refractivity contribution is 7.98. The highest BCUT2D eigenvalue weighted by Gasteiger charge is 2.11. The molecular formula is C12H15ClN2O3S. The van der Waals surface area contributed by atoms with Crippen LogP contribution in [0.25, 0.3) is 0 Å². The van der Waals surface area contributed by atoms with Gasteiger partial charge in [0.1, 0.15) is 0 Å². The van der Waals surface area contributed by atoms with Gasteiger partial charge >= 0.3 is 6.09 Å². The number of nitrogens with one attached hydrogen (secondary N) is 2. The van der Waals surface area contributed by atoms with Crippen molar-refractivity contribution >= 4 is 46.7 Å². The Morgan fingerprint density at radius 2 is 2.05 bits per heavy atom. The summed E-state index contributed by atoms with van der Waals surface area (Å²) in [4.78, 5) is 23.4. The lowest BCUT2D eigenvalue weighted by Crippen LogP contribution is -2.17. The molecule has 7 heteroatoms. The quantitative estimate of drug-likeness (QED) is 0.660. The second kappa shape index (κ2) is 7.25. The van der Waals surface area contributed by atoms with Gasteiger partial charge in [0.2, 0.25) is 5.91 Å². The Bertz CT molecular complexity index is 480. The smallest absolute Gasteiger partial charge is 0.413 e. The summed E-state index contributed by atoms with van der Waals surface area (Å²) < 4.78 is 4.79. The first kappa shape index (κ1) is 15.7. The molecule has 1 aromatic carbocycles. The summed E-state index contributed by atoms with van der Waals surface area (Å²) in [5.74, 6) is -0.181. The highest BCUT2D eigenvalue weighted by atomic mass is 35.5. The van der Waals surface area contributed by atoms with E-state index in [4.69, 9.17) is 16.3 Å². The first-order valence-corrected chi connectivity index (χ1v) is 7.16. The van der Waals surface area contributed by atoms with Crippen molar-refractivity contribution in [1.29, 1.82) is 0 Å². The molecule has 0 spiro atoms. The van der Waals surface area contributed by atoms with Gasteiger partial charge in [0.05, 0.1) is 5.69 Å². The van der Waals surface area contributed by atoms with Crippen LogP contribution in [0.5, 0.6) is 0 Å². The zero-order chi connectivity index (χ0) is 14.4. The number of rotatable bonds is 4. The number of thioether (sulfide) groups is 1. The lowest BCUT2D eigenvalue weighted by atomic mass is 10.2. The van der Waals surface area contributed by atoms with Crippen molar-refractivity contribution in [3.8, 4) is 0 Å². The number of hydrogen-bond donors (Lipinski definition) is 2. The number of carbonyl (C=O) groups excluding carboxylic acids is 2. The molecule has 0 saturated carbocycles. The first-order valence-electron chi connectivity index (χ1n) is 5.49. The number of alkyl halides is 1. The fraction of sp³-hybridized carbons (Fsp3) is 0.333.